The van der Waals surface area contributed by atoms with Crippen LogP contribution < -0.4 is 10.5 Å². The summed E-state index contributed by atoms with van der Waals surface area (Å²) in [5.74, 6) is 7.01. The van der Waals surface area contributed by atoms with Gasteiger partial charge in [0.1, 0.15) is 11.4 Å². The van der Waals surface area contributed by atoms with E-state index in [0.717, 1.165) is 11.3 Å². The maximum Gasteiger partial charge on any atom is 0.126 e. The third-order valence-corrected chi connectivity index (χ3v) is 2.52. The van der Waals surface area contributed by atoms with Gasteiger partial charge in [-0.05, 0) is 11.8 Å². The summed E-state index contributed by atoms with van der Waals surface area (Å²) >= 11 is 0. The van der Waals surface area contributed by atoms with Crippen LogP contribution in [0.15, 0.2) is 29.0 Å². The van der Waals surface area contributed by atoms with Crippen molar-refractivity contribution in [2.45, 2.75) is 19.8 Å². The van der Waals surface area contributed by atoms with Crippen LogP contribution in [0.2, 0.25) is 0 Å². The molecule has 1 rings (SSSR count). The van der Waals surface area contributed by atoms with E-state index in [1.54, 1.807) is 26.6 Å². The number of aliphatic imine (C=N–C) groups is 1. The number of methoxy groups -OCH3 is 1. The normalized spacial score (nSPS) is 11.5. The topological polar surface area (TPSA) is 60.5 Å². The minimum absolute atomic E-state index is 0.358. The van der Waals surface area contributed by atoms with Crippen molar-refractivity contribution in [1.29, 1.82) is 0 Å². The molecule has 0 aliphatic carbocycles. The third-order valence-electron chi connectivity index (χ3n) is 2.52. The number of nitrogens with two attached hydrogens (primary N) is 1. The minimum atomic E-state index is 0.358. The van der Waals surface area contributed by atoms with Crippen molar-refractivity contribution in [2.75, 3.05) is 14.2 Å². The van der Waals surface area contributed by atoms with Crippen molar-refractivity contribution in [3.63, 3.8) is 0 Å². The molecule has 0 bridgehead atoms. The van der Waals surface area contributed by atoms with Gasteiger partial charge in [0, 0.05) is 37.3 Å². The molecule has 0 spiro atoms. The van der Waals surface area contributed by atoms with Crippen LogP contribution in [0.5, 0.6) is 5.75 Å². The lowest BCUT2D eigenvalue weighted by atomic mass is 10.0. The zero-order valence-corrected chi connectivity index (χ0v) is 11.8. The van der Waals surface area contributed by atoms with Crippen molar-refractivity contribution >= 4 is 6.21 Å². The Kier molecular flexibility index (Phi) is 5.62. The van der Waals surface area contributed by atoms with Crippen LogP contribution in [0.4, 0.5) is 0 Å². The van der Waals surface area contributed by atoms with E-state index in [9.17, 15) is 0 Å². The Balaban J connectivity index is 3.08. The number of allylic oxidation sites excluding steroid dienone is 1. The van der Waals surface area contributed by atoms with Crippen molar-refractivity contribution in [3.8, 4) is 17.6 Å². The summed E-state index contributed by atoms with van der Waals surface area (Å²) < 4.78 is 5.35. The molecule has 0 fully saturated rings. The van der Waals surface area contributed by atoms with E-state index in [4.69, 9.17) is 10.5 Å². The van der Waals surface area contributed by atoms with Crippen LogP contribution in [0.25, 0.3) is 0 Å². The highest BCUT2D eigenvalue weighted by atomic mass is 16.5. The fourth-order valence-electron chi connectivity index (χ4n) is 1.52. The van der Waals surface area contributed by atoms with E-state index in [1.165, 1.54) is 6.20 Å². The van der Waals surface area contributed by atoms with Crippen molar-refractivity contribution < 1.29 is 4.74 Å². The highest BCUT2D eigenvalue weighted by Gasteiger charge is 2.08. The second-order valence-corrected chi connectivity index (χ2v) is 4.23. The average Bonchev–Trinajstić information content (AvgIpc) is 2.42. The van der Waals surface area contributed by atoms with Crippen molar-refractivity contribution in [3.05, 3.63) is 35.3 Å². The fourth-order valence-corrected chi connectivity index (χ4v) is 1.52. The van der Waals surface area contributed by atoms with Gasteiger partial charge in [-0.25, -0.2) is 4.98 Å². The number of ether oxygens (including phenoxy) is 1. The van der Waals surface area contributed by atoms with Gasteiger partial charge in [-0.3, -0.25) is 4.99 Å². The van der Waals surface area contributed by atoms with Gasteiger partial charge in [0.15, 0.2) is 0 Å². The van der Waals surface area contributed by atoms with E-state index >= 15 is 0 Å². The highest BCUT2D eigenvalue weighted by molar-refractivity contribution is 5.84. The summed E-state index contributed by atoms with van der Waals surface area (Å²) in [7, 11) is 3.32. The molecule has 2 N–H and O–H groups in total. The molecule has 4 heteroatoms. The number of pyridine rings is 1. The summed E-state index contributed by atoms with van der Waals surface area (Å²) in [6.45, 7) is 4.19. The number of hydrogen-bond donors (Lipinski definition) is 1. The molecule has 4 nitrogen and oxygen atoms in total. The summed E-state index contributed by atoms with van der Waals surface area (Å²) in [4.78, 5) is 8.18. The van der Waals surface area contributed by atoms with Gasteiger partial charge in [0.2, 0.25) is 0 Å². The summed E-state index contributed by atoms with van der Waals surface area (Å²) in [6, 6.07) is 1.83. The monoisotopic (exact) mass is 257 g/mol. The Morgan fingerprint density at radius 1 is 1.53 bits per heavy atom. The van der Waals surface area contributed by atoms with Gasteiger partial charge < -0.3 is 10.5 Å². The predicted molar refractivity (Wildman–Crippen MR) is 78.4 cm³/mol. The number of nitrogens with zero attached hydrogens (tertiary/aromatic N) is 2. The first kappa shape index (κ1) is 14.8. The zero-order valence-electron chi connectivity index (χ0n) is 11.8. The first-order valence-corrected chi connectivity index (χ1v) is 6.02. The first-order valence-electron chi connectivity index (χ1n) is 6.02. The Bertz CT molecular complexity index is 548. The van der Waals surface area contributed by atoms with Gasteiger partial charge >= 0.3 is 0 Å². The van der Waals surface area contributed by atoms with Crippen molar-refractivity contribution in [2.24, 2.45) is 10.7 Å². The van der Waals surface area contributed by atoms with Crippen LogP contribution in [-0.2, 0) is 0 Å². The molecule has 1 heterocycles. The largest absolute Gasteiger partial charge is 0.496 e. The second-order valence-electron chi connectivity index (χ2n) is 4.23. The van der Waals surface area contributed by atoms with Gasteiger partial charge in [0.25, 0.3) is 0 Å². The summed E-state index contributed by atoms with van der Waals surface area (Å²) in [5, 5.41) is 0. The minimum Gasteiger partial charge on any atom is -0.496 e. The molecule has 1 aromatic rings. The molecule has 100 valence electrons. The Morgan fingerprint density at radius 2 is 2.26 bits per heavy atom. The molecule has 0 aliphatic rings. The lowest BCUT2D eigenvalue weighted by Gasteiger charge is -2.10. The molecule has 19 heavy (non-hydrogen) atoms. The molecule has 0 saturated heterocycles. The van der Waals surface area contributed by atoms with Crippen LogP contribution in [0.3, 0.4) is 0 Å². The van der Waals surface area contributed by atoms with Crippen LogP contribution in [0.1, 0.15) is 31.0 Å². The molecular weight excluding hydrogens is 238 g/mol. The maximum atomic E-state index is 5.44. The average molecular weight is 257 g/mol. The van der Waals surface area contributed by atoms with Crippen molar-refractivity contribution in [1.82, 2.24) is 4.98 Å². The van der Waals surface area contributed by atoms with Crippen LogP contribution >= 0.6 is 0 Å². The third kappa shape index (κ3) is 4.14. The number of hydrogen-bond acceptors (Lipinski definition) is 4. The van der Waals surface area contributed by atoms with Gasteiger partial charge in [-0.1, -0.05) is 19.8 Å². The Labute approximate surface area is 114 Å². The van der Waals surface area contributed by atoms with E-state index in [1.807, 2.05) is 6.07 Å². The molecule has 0 unspecified atom stereocenters. The summed E-state index contributed by atoms with van der Waals surface area (Å²) in [6.07, 6.45) is 4.82. The molecular formula is C15H19N3O. The van der Waals surface area contributed by atoms with Gasteiger partial charge in [-0.15, -0.1) is 0 Å². The Hall–Kier alpha value is -2.28. The Morgan fingerprint density at radius 3 is 2.79 bits per heavy atom. The smallest absolute Gasteiger partial charge is 0.126 e. The molecule has 0 saturated carbocycles. The molecule has 1 aromatic heterocycles. The van der Waals surface area contributed by atoms with Gasteiger partial charge in [-0.2, -0.15) is 0 Å². The standard InChI is InChI=1S/C15H19N3O/c1-11(2)14-10-18-13(7-15(14)19-4)6-5-12(8-16)9-17-3/h7-11H,16H2,1-4H3/b12-8-,17-9?. The highest BCUT2D eigenvalue weighted by Crippen LogP contribution is 2.25. The predicted octanol–water partition coefficient (Wildman–Crippen LogP) is 2.11. The second kappa shape index (κ2) is 7.22. The van der Waals surface area contributed by atoms with Crippen LogP contribution in [-0.4, -0.2) is 25.4 Å². The van der Waals surface area contributed by atoms with E-state index in [-0.39, 0.29) is 0 Å². The lowest BCUT2D eigenvalue weighted by molar-refractivity contribution is 0.406. The molecule has 0 aliphatic heterocycles. The first-order chi connectivity index (χ1) is 9.12. The molecule has 0 atom stereocenters. The SMILES string of the molecule is CN=C/C(C#Cc1cc(OC)c(C(C)C)cn1)=C\N. The molecule has 0 aromatic carbocycles. The van der Waals surface area contributed by atoms with Gasteiger partial charge in [0.05, 0.1) is 12.7 Å². The zero-order chi connectivity index (χ0) is 14.3. The quantitative estimate of drug-likeness (QED) is 0.666. The van der Waals surface area contributed by atoms with E-state index in [2.05, 4.69) is 35.7 Å². The maximum absolute atomic E-state index is 5.44. The van der Waals surface area contributed by atoms with Crippen LogP contribution in [0, 0.1) is 11.8 Å². The van der Waals surface area contributed by atoms with E-state index in [0.29, 0.717) is 17.2 Å². The molecule has 0 amide bonds. The molecule has 0 radical (unpaired) electrons. The van der Waals surface area contributed by atoms with E-state index < -0.39 is 0 Å². The lowest BCUT2D eigenvalue weighted by Crippen LogP contribution is -1.97. The number of aromatic nitrogens is 1. The number of rotatable bonds is 3. The summed E-state index contributed by atoms with van der Waals surface area (Å²) in [5.41, 5.74) is 7.80. The fraction of sp³-hybridized carbons (Fsp3) is 0.333.